The Bertz CT molecular complexity index is 1050. The maximum atomic E-state index is 12.7. The number of carbonyl (C=O) groups excluding carboxylic acids is 1. The van der Waals surface area contributed by atoms with Crippen molar-refractivity contribution < 1.29 is 4.79 Å². The topological polar surface area (TPSA) is 96.8 Å². The molecule has 8 heteroatoms. The van der Waals surface area contributed by atoms with Crippen molar-refractivity contribution in [2.45, 2.75) is 13.1 Å². The molecule has 0 bridgehead atoms. The van der Waals surface area contributed by atoms with E-state index in [1.807, 2.05) is 59.5 Å². The zero-order chi connectivity index (χ0) is 21.3. The summed E-state index contributed by atoms with van der Waals surface area (Å²) in [5.74, 6) is 0.201. The molecular formula is C23H21N7O. The van der Waals surface area contributed by atoms with E-state index in [1.54, 1.807) is 24.8 Å². The predicted molar refractivity (Wildman–Crippen MR) is 116 cm³/mol. The minimum Gasteiger partial charge on any atom is -0.308 e. The average molecular weight is 411 g/mol. The fourth-order valence-electron chi connectivity index (χ4n) is 3.03. The van der Waals surface area contributed by atoms with E-state index in [-0.39, 0.29) is 12.5 Å². The number of aromatic nitrogens is 5. The van der Waals surface area contributed by atoms with Crippen molar-refractivity contribution >= 4 is 11.7 Å². The molecule has 4 aromatic rings. The standard InChI is InChI=1S/C23H21N7O/c31-23(29-22-14-27-21(13-28-22)20-9-3-6-12-26-20)17-30(15-18-7-1-4-10-24-18)16-19-8-2-5-11-25-19/h1-14H,15-17H2,(H,28,29,31). The van der Waals surface area contributed by atoms with Gasteiger partial charge in [-0.05, 0) is 36.4 Å². The lowest BCUT2D eigenvalue weighted by Gasteiger charge is -2.21. The first-order valence-corrected chi connectivity index (χ1v) is 9.82. The van der Waals surface area contributed by atoms with E-state index >= 15 is 0 Å². The summed E-state index contributed by atoms with van der Waals surface area (Å²) in [6.07, 6.45) is 8.31. The Balaban J connectivity index is 1.41. The third kappa shape index (κ3) is 5.97. The van der Waals surface area contributed by atoms with Crippen LogP contribution in [0.4, 0.5) is 5.82 Å². The molecule has 0 spiro atoms. The molecule has 0 radical (unpaired) electrons. The highest BCUT2D eigenvalue weighted by Gasteiger charge is 2.14. The summed E-state index contributed by atoms with van der Waals surface area (Å²) in [5.41, 5.74) is 3.13. The lowest BCUT2D eigenvalue weighted by Crippen LogP contribution is -2.33. The summed E-state index contributed by atoms with van der Waals surface area (Å²) in [6, 6.07) is 17.1. The first-order chi connectivity index (χ1) is 15.3. The molecule has 0 atom stereocenters. The fraction of sp³-hybridized carbons (Fsp3) is 0.130. The van der Waals surface area contributed by atoms with Crippen LogP contribution in [0.2, 0.25) is 0 Å². The number of hydrogen-bond donors (Lipinski definition) is 1. The quantitative estimate of drug-likeness (QED) is 0.476. The molecule has 4 rings (SSSR count). The van der Waals surface area contributed by atoms with Gasteiger partial charge in [-0.1, -0.05) is 18.2 Å². The van der Waals surface area contributed by atoms with E-state index in [9.17, 15) is 4.79 Å². The second kappa shape index (κ2) is 10.1. The van der Waals surface area contributed by atoms with Crippen molar-refractivity contribution in [3.05, 3.63) is 97.0 Å². The zero-order valence-electron chi connectivity index (χ0n) is 16.8. The molecule has 154 valence electrons. The highest BCUT2D eigenvalue weighted by Crippen LogP contribution is 2.13. The molecule has 0 aliphatic carbocycles. The van der Waals surface area contributed by atoms with E-state index < -0.39 is 0 Å². The van der Waals surface area contributed by atoms with Gasteiger partial charge in [0, 0.05) is 31.7 Å². The Kier molecular flexibility index (Phi) is 6.61. The number of nitrogens with zero attached hydrogens (tertiary/aromatic N) is 6. The second-order valence-electron chi connectivity index (χ2n) is 6.84. The second-order valence-corrected chi connectivity index (χ2v) is 6.84. The zero-order valence-corrected chi connectivity index (χ0v) is 16.8. The van der Waals surface area contributed by atoms with Gasteiger partial charge < -0.3 is 5.32 Å². The molecule has 0 aliphatic rings. The Hall–Kier alpha value is -4.04. The Morgan fingerprint density at radius 2 is 1.35 bits per heavy atom. The van der Waals surface area contributed by atoms with Gasteiger partial charge >= 0.3 is 0 Å². The third-order valence-corrected chi connectivity index (χ3v) is 4.44. The summed E-state index contributed by atoms with van der Waals surface area (Å²) in [5, 5.41) is 2.81. The van der Waals surface area contributed by atoms with Gasteiger partial charge in [0.1, 0.15) is 5.69 Å². The molecule has 0 unspecified atom stereocenters. The van der Waals surface area contributed by atoms with Crippen LogP contribution in [0.5, 0.6) is 0 Å². The third-order valence-electron chi connectivity index (χ3n) is 4.44. The predicted octanol–water partition coefficient (Wildman–Crippen LogP) is 2.97. The summed E-state index contributed by atoms with van der Waals surface area (Å²) in [4.78, 5) is 36.3. The van der Waals surface area contributed by atoms with Crippen LogP contribution in [0.3, 0.4) is 0 Å². The Morgan fingerprint density at radius 1 is 0.710 bits per heavy atom. The summed E-state index contributed by atoms with van der Waals surface area (Å²) < 4.78 is 0. The summed E-state index contributed by atoms with van der Waals surface area (Å²) >= 11 is 0. The van der Waals surface area contributed by atoms with Crippen LogP contribution in [0, 0.1) is 0 Å². The van der Waals surface area contributed by atoms with Crippen LogP contribution in [-0.4, -0.2) is 42.3 Å². The smallest absolute Gasteiger partial charge is 0.239 e. The van der Waals surface area contributed by atoms with Crippen LogP contribution in [0.25, 0.3) is 11.4 Å². The van der Waals surface area contributed by atoms with Gasteiger partial charge in [0.15, 0.2) is 5.82 Å². The highest BCUT2D eigenvalue weighted by molar-refractivity contribution is 5.91. The highest BCUT2D eigenvalue weighted by atomic mass is 16.2. The van der Waals surface area contributed by atoms with Crippen molar-refractivity contribution in [2.75, 3.05) is 11.9 Å². The van der Waals surface area contributed by atoms with Crippen LogP contribution >= 0.6 is 0 Å². The summed E-state index contributed by atoms with van der Waals surface area (Å²) in [7, 11) is 0. The number of rotatable bonds is 8. The first kappa shape index (κ1) is 20.2. The van der Waals surface area contributed by atoms with Gasteiger partial charge in [-0.25, -0.2) is 9.97 Å². The van der Waals surface area contributed by atoms with Crippen molar-refractivity contribution in [1.29, 1.82) is 0 Å². The lowest BCUT2D eigenvalue weighted by molar-refractivity contribution is -0.117. The lowest BCUT2D eigenvalue weighted by atomic mass is 10.3. The van der Waals surface area contributed by atoms with Gasteiger partial charge in [-0.2, -0.15) is 0 Å². The van der Waals surface area contributed by atoms with Gasteiger partial charge in [0.2, 0.25) is 5.91 Å². The van der Waals surface area contributed by atoms with Crippen LogP contribution in [0.15, 0.2) is 85.6 Å². The molecule has 4 aromatic heterocycles. The Morgan fingerprint density at radius 3 is 1.87 bits per heavy atom. The number of pyridine rings is 3. The molecule has 0 saturated carbocycles. The van der Waals surface area contributed by atoms with Crippen molar-refractivity contribution in [1.82, 2.24) is 29.8 Å². The molecule has 0 fully saturated rings. The molecule has 1 amide bonds. The van der Waals surface area contributed by atoms with Gasteiger partial charge in [-0.3, -0.25) is 24.6 Å². The number of anilines is 1. The SMILES string of the molecule is O=C(CN(Cc1ccccn1)Cc1ccccn1)Nc1cnc(-c2ccccn2)cn1. The molecule has 1 N–H and O–H groups in total. The molecule has 31 heavy (non-hydrogen) atoms. The molecule has 0 aromatic carbocycles. The van der Waals surface area contributed by atoms with E-state index in [4.69, 9.17) is 0 Å². The number of amides is 1. The van der Waals surface area contributed by atoms with Crippen molar-refractivity contribution in [3.8, 4) is 11.4 Å². The molecule has 4 heterocycles. The molecule has 8 nitrogen and oxygen atoms in total. The molecule has 0 aliphatic heterocycles. The maximum absolute atomic E-state index is 12.7. The minimum absolute atomic E-state index is 0.164. The average Bonchev–Trinajstić information content (AvgIpc) is 2.81. The van der Waals surface area contributed by atoms with Crippen LogP contribution in [0.1, 0.15) is 11.4 Å². The maximum Gasteiger partial charge on any atom is 0.239 e. The van der Waals surface area contributed by atoms with Crippen LogP contribution in [-0.2, 0) is 17.9 Å². The first-order valence-electron chi connectivity index (χ1n) is 9.82. The van der Waals surface area contributed by atoms with Gasteiger partial charge in [0.05, 0.1) is 36.0 Å². The van der Waals surface area contributed by atoms with Crippen molar-refractivity contribution in [3.63, 3.8) is 0 Å². The number of hydrogen-bond acceptors (Lipinski definition) is 7. The normalized spacial score (nSPS) is 10.7. The largest absolute Gasteiger partial charge is 0.308 e. The number of carbonyl (C=O) groups is 1. The molecular weight excluding hydrogens is 390 g/mol. The van der Waals surface area contributed by atoms with E-state index in [0.717, 1.165) is 17.1 Å². The monoisotopic (exact) mass is 411 g/mol. The minimum atomic E-state index is -0.188. The fourth-order valence-corrected chi connectivity index (χ4v) is 3.03. The number of nitrogens with one attached hydrogen (secondary N) is 1. The van der Waals surface area contributed by atoms with E-state index in [2.05, 4.69) is 30.2 Å². The van der Waals surface area contributed by atoms with Crippen LogP contribution < -0.4 is 5.32 Å². The van der Waals surface area contributed by atoms with Gasteiger partial charge in [-0.15, -0.1) is 0 Å². The van der Waals surface area contributed by atoms with Gasteiger partial charge in [0.25, 0.3) is 0 Å². The van der Waals surface area contributed by atoms with E-state index in [1.165, 1.54) is 6.20 Å². The van der Waals surface area contributed by atoms with Crippen molar-refractivity contribution in [2.24, 2.45) is 0 Å². The Labute approximate surface area is 180 Å². The summed E-state index contributed by atoms with van der Waals surface area (Å²) in [6.45, 7) is 1.21. The molecule has 0 saturated heterocycles. The van der Waals surface area contributed by atoms with E-state index in [0.29, 0.717) is 24.6 Å².